The highest BCUT2D eigenvalue weighted by Crippen LogP contribution is 2.20. The van der Waals surface area contributed by atoms with Crippen LogP contribution in [0.25, 0.3) is 0 Å². The van der Waals surface area contributed by atoms with E-state index in [9.17, 15) is 29.1 Å². The Morgan fingerprint density at radius 2 is 1.03 bits per heavy atom. The van der Waals surface area contributed by atoms with Gasteiger partial charge in [0.2, 0.25) is 0 Å². The van der Waals surface area contributed by atoms with Crippen LogP contribution in [0.2, 0.25) is 0 Å². The van der Waals surface area contributed by atoms with E-state index in [-0.39, 0.29) is 31.7 Å². The highest BCUT2D eigenvalue weighted by atomic mass is 16.6. The zero-order valence-corrected chi connectivity index (χ0v) is 38.1. The minimum atomic E-state index is -2.26. The second-order valence-electron chi connectivity index (χ2n) is 14.7. The third-order valence-electron chi connectivity index (χ3n) is 9.14. The van der Waals surface area contributed by atoms with E-state index in [1.54, 1.807) is 27.0 Å². The molecule has 59 heavy (non-hydrogen) atoms. The van der Waals surface area contributed by atoms with Crippen LogP contribution < -0.4 is 0 Å². The van der Waals surface area contributed by atoms with Gasteiger partial charge in [-0.3, -0.25) is 14.4 Å². The monoisotopic (exact) mass is 837 g/mol. The van der Waals surface area contributed by atoms with Crippen molar-refractivity contribution in [3.8, 4) is 11.8 Å². The number of carbonyl (C=O) groups is 5. The van der Waals surface area contributed by atoms with Gasteiger partial charge < -0.3 is 29.2 Å². The number of esters is 4. The highest BCUT2D eigenvalue weighted by molar-refractivity contribution is 5.90. The SMILES string of the molecule is C=CCCCCCCCCC(=O)OC=CCCCCC.CCCCCCCC(C#CC(=O)O)CCCCCCC.CCOC(=O)CC(O)(CC(=O)OCC)C(=O)OCC. The van der Waals surface area contributed by atoms with Crippen molar-refractivity contribution in [1.29, 1.82) is 0 Å². The first kappa shape index (κ1) is 59.7. The third kappa shape index (κ3) is 43.7. The zero-order chi connectivity index (χ0) is 44.8. The van der Waals surface area contributed by atoms with E-state index >= 15 is 0 Å². The number of carbonyl (C=O) groups excluding carboxylic acids is 4. The quantitative estimate of drug-likeness (QED) is 0.0158. The van der Waals surface area contributed by atoms with Crippen LogP contribution in [0.1, 0.15) is 208 Å². The Balaban J connectivity index is -0.000000798. The minimum absolute atomic E-state index is 0.0206. The van der Waals surface area contributed by atoms with Gasteiger partial charge in [-0.15, -0.1) is 6.58 Å². The van der Waals surface area contributed by atoms with Crippen LogP contribution in [0.3, 0.4) is 0 Å². The summed E-state index contributed by atoms with van der Waals surface area (Å²) in [6.45, 7) is 15.3. The molecule has 0 aliphatic rings. The molecule has 0 rings (SSSR count). The molecular formula is C48H84O11. The van der Waals surface area contributed by atoms with E-state index in [0.717, 1.165) is 38.5 Å². The van der Waals surface area contributed by atoms with E-state index < -0.39 is 42.3 Å². The second kappa shape index (κ2) is 45.4. The number of aliphatic hydroxyl groups is 1. The summed E-state index contributed by atoms with van der Waals surface area (Å²) in [6.07, 6.45) is 32.3. The number of hydrogen-bond donors (Lipinski definition) is 2. The molecule has 2 N–H and O–H groups in total. The van der Waals surface area contributed by atoms with E-state index in [0.29, 0.717) is 6.42 Å². The molecule has 0 atom stereocenters. The number of allylic oxidation sites excluding steroid dienone is 2. The van der Waals surface area contributed by atoms with Gasteiger partial charge in [-0.05, 0) is 71.8 Å². The molecular weight excluding hydrogens is 753 g/mol. The number of ether oxygens (including phenoxy) is 4. The van der Waals surface area contributed by atoms with Gasteiger partial charge in [0.1, 0.15) is 0 Å². The molecule has 0 fully saturated rings. The summed E-state index contributed by atoms with van der Waals surface area (Å²) in [5.74, 6) is 1.84. The van der Waals surface area contributed by atoms with Gasteiger partial charge in [0.25, 0.3) is 0 Å². The Labute approximate surface area is 358 Å². The maximum atomic E-state index is 11.7. The van der Waals surface area contributed by atoms with Crippen LogP contribution in [-0.2, 0) is 42.9 Å². The zero-order valence-electron chi connectivity index (χ0n) is 38.1. The molecule has 0 aliphatic heterocycles. The smallest absolute Gasteiger partial charge is 0.381 e. The van der Waals surface area contributed by atoms with Gasteiger partial charge in [-0.2, -0.15) is 0 Å². The molecule has 0 saturated heterocycles. The molecule has 0 aromatic rings. The molecule has 11 heteroatoms. The van der Waals surface area contributed by atoms with Crippen molar-refractivity contribution < 1.29 is 53.1 Å². The number of carboxylic acid groups (broad SMARTS) is 1. The fraction of sp³-hybridized carbons (Fsp3) is 0.771. The Kier molecular flexibility index (Phi) is 45.9. The van der Waals surface area contributed by atoms with Crippen molar-refractivity contribution in [1.82, 2.24) is 0 Å². The first-order chi connectivity index (χ1) is 28.4. The summed E-state index contributed by atoms with van der Waals surface area (Å²) in [7, 11) is 0. The lowest BCUT2D eigenvalue weighted by Gasteiger charge is -2.23. The second-order valence-corrected chi connectivity index (χ2v) is 14.7. The maximum Gasteiger partial charge on any atom is 0.381 e. The van der Waals surface area contributed by atoms with Crippen LogP contribution in [0.5, 0.6) is 0 Å². The van der Waals surface area contributed by atoms with Crippen LogP contribution >= 0.6 is 0 Å². The number of unbranched alkanes of at least 4 members (excludes halogenated alkanes) is 17. The average molecular weight is 837 g/mol. The Bertz CT molecular complexity index is 1120. The molecule has 0 aromatic heterocycles. The minimum Gasteiger partial charge on any atom is -0.472 e. The summed E-state index contributed by atoms with van der Waals surface area (Å²) in [5.41, 5.74) is -2.26. The van der Waals surface area contributed by atoms with Gasteiger partial charge in [-0.1, -0.05) is 136 Å². The molecule has 0 radical (unpaired) electrons. The number of rotatable bonds is 34. The van der Waals surface area contributed by atoms with E-state index in [4.69, 9.17) is 9.84 Å². The first-order valence-corrected chi connectivity index (χ1v) is 22.8. The Hall–Kier alpha value is -3.65. The van der Waals surface area contributed by atoms with Gasteiger partial charge in [0, 0.05) is 18.3 Å². The molecule has 0 heterocycles. The summed E-state index contributed by atoms with van der Waals surface area (Å²) in [4.78, 5) is 56.4. The number of aliphatic carboxylic acids is 1. The van der Waals surface area contributed by atoms with E-state index in [2.05, 4.69) is 53.4 Å². The molecule has 0 saturated carbocycles. The first-order valence-electron chi connectivity index (χ1n) is 22.8. The fourth-order valence-electron chi connectivity index (χ4n) is 5.84. The molecule has 0 amide bonds. The largest absolute Gasteiger partial charge is 0.472 e. The normalized spacial score (nSPS) is 10.6. The van der Waals surface area contributed by atoms with Crippen LogP contribution in [0.15, 0.2) is 25.0 Å². The van der Waals surface area contributed by atoms with Crippen molar-refractivity contribution in [2.45, 2.75) is 214 Å². The molecule has 342 valence electrons. The van der Waals surface area contributed by atoms with E-state index in [1.807, 2.05) is 12.2 Å². The van der Waals surface area contributed by atoms with Crippen molar-refractivity contribution >= 4 is 29.8 Å². The lowest BCUT2D eigenvalue weighted by molar-refractivity contribution is -0.177. The van der Waals surface area contributed by atoms with Crippen molar-refractivity contribution in [3.63, 3.8) is 0 Å². The van der Waals surface area contributed by atoms with Crippen LogP contribution in [0.4, 0.5) is 0 Å². The predicted molar refractivity (Wildman–Crippen MR) is 236 cm³/mol. The van der Waals surface area contributed by atoms with Gasteiger partial charge in [-0.25, -0.2) is 9.59 Å². The van der Waals surface area contributed by atoms with Gasteiger partial charge >= 0.3 is 29.8 Å². The third-order valence-corrected chi connectivity index (χ3v) is 9.14. The fourth-order valence-corrected chi connectivity index (χ4v) is 5.84. The molecule has 0 aromatic carbocycles. The van der Waals surface area contributed by atoms with Gasteiger partial charge in [0.05, 0.1) is 38.9 Å². The summed E-state index contributed by atoms with van der Waals surface area (Å²) in [6, 6.07) is 0. The molecule has 11 nitrogen and oxygen atoms in total. The lowest BCUT2D eigenvalue weighted by Crippen LogP contribution is -2.44. The molecule has 0 spiro atoms. The highest BCUT2D eigenvalue weighted by Gasteiger charge is 2.43. The van der Waals surface area contributed by atoms with Gasteiger partial charge in [0.15, 0.2) is 5.60 Å². The van der Waals surface area contributed by atoms with Crippen molar-refractivity contribution in [3.05, 3.63) is 25.0 Å². The number of carboxylic acids is 1. The average Bonchev–Trinajstić information content (AvgIpc) is 3.19. The summed E-state index contributed by atoms with van der Waals surface area (Å²) in [5, 5.41) is 18.8. The topological polar surface area (TPSA) is 163 Å². The summed E-state index contributed by atoms with van der Waals surface area (Å²) < 4.78 is 19.0. The predicted octanol–water partition coefficient (Wildman–Crippen LogP) is 11.5. The molecule has 0 unspecified atom stereocenters. The van der Waals surface area contributed by atoms with Crippen LogP contribution in [0, 0.1) is 17.8 Å². The molecule has 0 aliphatic carbocycles. The van der Waals surface area contributed by atoms with Crippen LogP contribution in [-0.4, -0.2) is 65.5 Å². The molecule has 0 bridgehead atoms. The summed E-state index contributed by atoms with van der Waals surface area (Å²) >= 11 is 0. The van der Waals surface area contributed by atoms with E-state index in [1.165, 1.54) is 109 Å². The maximum absolute atomic E-state index is 11.7. The lowest BCUT2D eigenvalue weighted by atomic mass is 9.94. The Morgan fingerprint density at radius 3 is 1.51 bits per heavy atom. The number of hydrogen-bond acceptors (Lipinski definition) is 10. The van der Waals surface area contributed by atoms with Crippen molar-refractivity contribution in [2.24, 2.45) is 5.92 Å². The standard InChI is InChI=1S/2C18H32O2.C12H20O7/c1-3-5-7-9-10-11-12-14-16-18(19)20-17-15-13-8-6-4-2;1-3-5-7-9-11-13-17(15-16-18(19)20)14-12-10-8-6-4-2;1-4-17-9(13)7-12(16,11(15)19-6-3)8-10(14)18-5-2/h3,15,17H,1,4-14,16H2,2H3;17H,3-14H2,1-2H3,(H,19,20);16H,4-8H2,1-3H3. The Morgan fingerprint density at radius 1 is 0.593 bits per heavy atom. The van der Waals surface area contributed by atoms with Crippen molar-refractivity contribution in [2.75, 3.05) is 19.8 Å².